The molecule has 0 radical (unpaired) electrons. The minimum Gasteiger partial charge on any atom is -0.334 e. The summed E-state index contributed by atoms with van der Waals surface area (Å²) in [4.78, 5) is 16.9. The molecule has 5 heteroatoms. The van der Waals surface area contributed by atoms with Crippen molar-refractivity contribution < 1.29 is 9.18 Å². The fourth-order valence-electron chi connectivity index (χ4n) is 4.12. The lowest BCUT2D eigenvalue weighted by molar-refractivity contribution is 0.0635. The highest BCUT2D eigenvalue weighted by Gasteiger charge is 2.44. The first-order valence-electron chi connectivity index (χ1n) is 8.76. The van der Waals surface area contributed by atoms with Gasteiger partial charge in [-0.15, -0.1) is 6.58 Å². The molecular formula is C19H26FN3O. The quantitative estimate of drug-likeness (QED) is 0.860. The fourth-order valence-corrected chi connectivity index (χ4v) is 4.12. The molecule has 2 fully saturated rings. The van der Waals surface area contributed by atoms with Gasteiger partial charge >= 0.3 is 6.03 Å². The van der Waals surface area contributed by atoms with Crippen LogP contribution in [0.3, 0.4) is 0 Å². The molecule has 2 heterocycles. The molecule has 24 heavy (non-hydrogen) atoms. The van der Waals surface area contributed by atoms with Gasteiger partial charge in [0.25, 0.3) is 0 Å². The molecule has 2 saturated heterocycles. The maximum atomic E-state index is 13.2. The largest absolute Gasteiger partial charge is 0.334 e. The Labute approximate surface area is 143 Å². The smallest absolute Gasteiger partial charge is 0.317 e. The van der Waals surface area contributed by atoms with Crippen LogP contribution < -0.4 is 5.32 Å². The Bertz CT molecular complexity index is 606. The van der Waals surface area contributed by atoms with E-state index in [2.05, 4.69) is 16.8 Å². The average molecular weight is 331 g/mol. The number of amides is 2. The van der Waals surface area contributed by atoms with Crippen LogP contribution in [0.5, 0.6) is 0 Å². The number of halogens is 1. The summed E-state index contributed by atoms with van der Waals surface area (Å²) in [6.07, 6.45) is 6.46. The molecule has 1 atom stereocenters. The second-order valence-corrected chi connectivity index (χ2v) is 6.88. The van der Waals surface area contributed by atoms with Gasteiger partial charge in [0.1, 0.15) is 5.82 Å². The van der Waals surface area contributed by atoms with Crippen LogP contribution in [0.15, 0.2) is 36.9 Å². The van der Waals surface area contributed by atoms with Crippen molar-refractivity contribution in [3.63, 3.8) is 0 Å². The Morgan fingerprint density at radius 2 is 2.12 bits per heavy atom. The molecule has 1 aromatic carbocycles. The molecule has 1 aromatic rings. The van der Waals surface area contributed by atoms with Gasteiger partial charge in [-0.3, -0.25) is 4.90 Å². The van der Waals surface area contributed by atoms with Crippen LogP contribution in [0, 0.1) is 5.82 Å². The number of hydrogen-bond donors (Lipinski definition) is 1. The van der Waals surface area contributed by atoms with Crippen molar-refractivity contribution in [3.05, 3.63) is 48.3 Å². The summed E-state index contributed by atoms with van der Waals surface area (Å²) < 4.78 is 13.2. The van der Waals surface area contributed by atoms with E-state index < -0.39 is 0 Å². The van der Waals surface area contributed by atoms with Gasteiger partial charge in [0, 0.05) is 31.7 Å². The normalized spacial score (nSPS) is 24.3. The monoisotopic (exact) mass is 331 g/mol. The number of carbonyl (C=O) groups is 1. The standard InChI is InChI=1S/C19H26FN3O/c1-2-10-23-12-5-9-19(23)8-4-11-22(15-19)18(24)21-14-16-6-3-7-17(20)13-16/h2-3,6-7,13H,1,4-5,8-12,14-15H2,(H,21,24). The van der Waals surface area contributed by atoms with Crippen LogP contribution in [0.4, 0.5) is 9.18 Å². The van der Waals surface area contributed by atoms with Crippen molar-refractivity contribution in [1.82, 2.24) is 15.1 Å². The molecular weight excluding hydrogens is 305 g/mol. The van der Waals surface area contributed by atoms with Gasteiger partial charge in [-0.25, -0.2) is 9.18 Å². The molecule has 0 aliphatic carbocycles. The zero-order valence-electron chi connectivity index (χ0n) is 14.1. The van der Waals surface area contributed by atoms with Gasteiger partial charge in [-0.2, -0.15) is 0 Å². The fraction of sp³-hybridized carbons (Fsp3) is 0.526. The number of carbonyl (C=O) groups excluding carboxylic acids is 1. The lowest BCUT2D eigenvalue weighted by Crippen LogP contribution is -2.58. The Morgan fingerprint density at radius 1 is 1.33 bits per heavy atom. The van der Waals surface area contributed by atoms with Crippen LogP contribution in [0.2, 0.25) is 0 Å². The van der Waals surface area contributed by atoms with E-state index in [-0.39, 0.29) is 17.4 Å². The van der Waals surface area contributed by atoms with E-state index in [9.17, 15) is 9.18 Å². The average Bonchev–Trinajstić information content (AvgIpc) is 2.95. The van der Waals surface area contributed by atoms with E-state index in [1.165, 1.54) is 18.6 Å². The van der Waals surface area contributed by atoms with Crippen molar-refractivity contribution in [1.29, 1.82) is 0 Å². The molecule has 0 saturated carbocycles. The predicted molar refractivity (Wildman–Crippen MR) is 93.2 cm³/mol. The second kappa shape index (κ2) is 7.34. The van der Waals surface area contributed by atoms with E-state index in [1.807, 2.05) is 17.0 Å². The lowest BCUT2D eigenvalue weighted by Gasteiger charge is -2.45. The van der Waals surface area contributed by atoms with Gasteiger partial charge < -0.3 is 10.2 Å². The molecule has 1 N–H and O–H groups in total. The first-order chi connectivity index (χ1) is 11.6. The van der Waals surface area contributed by atoms with E-state index >= 15 is 0 Å². The van der Waals surface area contributed by atoms with Crippen molar-refractivity contribution in [3.8, 4) is 0 Å². The van der Waals surface area contributed by atoms with Crippen LogP contribution in [0.25, 0.3) is 0 Å². The van der Waals surface area contributed by atoms with Gasteiger partial charge in [-0.1, -0.05) is 18.2 Å². The zero-order chi connectivity index (χ0) is 17.0. The SMILES string of the molecule is C=CCN1CCCC12CCCN(C(=O)NCc1cccc(F)c1)C2. The summed E-state index contributed by atoms with van der Waals surface area (Å²) in [5.74, 6) is -0.273. The molecule has 2 aliphatic heterocycles. The van der Waals surface area contributed by atoms with E-state index in [4.69, 9.17) is 0 Å². The first kappa shape index (κ1) is 17.0. The van der Waals surface area contributed by atoms with E-state index in [0.29, 0.717) is 6.54 Å². The number of benzene rings is 1. The van der Waals surface area contributed by atoms with Gasteiger partial charge in [0.15, 0.2) is 0 Å². The highest BCUT2D eigenvalue weighted by atomic mass is 19.1. The zero-order valence-corrected chi connectivity index (χ0v) is 14.1. The molecule has 4 nitrogen and oxygen atoms in total. The van der Waals surface area contributed by atoms with Crippen LogP contribution in [0.1, 0.15) is 31.2 Å². The third-order valence-electron chi connectivity index (χ3n) is 5.27. The number of likely N-dealkylation sites (tertiary alicyclic amines) is 2. The highest BCUT2D eigenvalue weighted by molar-refractivity contribution is 5.74. The number of nitrogens with zero attached hydrogens (tertiary/aromatic N) is 2. The number of piperidine rings is 1. The van der Waals surface area contributed by atoms with Crippen LogP contribution in [-0.2, 0) is 6.54 Å². The molecule has 0 bridgehead atoms. The van der Waals surface area contributed by atoms with E-state index in [1.54, 1.807) is 6.07 Å². The van der Waals surface area contributed by atoms with Crippen LogP contribution >= 0.6 is 0 Å². The third-order valence-corrected chi connectivity index (χ3v) is 5.27. The topological polar surface area (TPSA) is 35.6 Å². The maximum Gasteiger partial charge on any atom is 0.317 e. The van der Waals surface area contributed by atoms with Crippen molar-refractivity contribution in [2.45, 2.75) is 37.8 Å². The van der Waals surface area contributed by atoms with Crippen molar-refractivity contribution >= 4 is 6.03 Å². The number of nitrogens with one attached hydrogen (secondary N) is 1. The molecule has 3 rings (SSSR count). The molecule has 2 aliphatic rings. The van der Waals surface area contributed by atoms with Gasteiger partial charge in [0.05, 0.1) is 0 Å². The number of rotatable bonds is 4. The minimum atomic E-state index is -0.273. The van der Waals surface area contributed by atoms with Gasteiger partial charge in [-0.05, 0) is 49.9 Å². The van der Waals surface area contributed by atoms with Crippen molar-refractivity contribution in [2.24, 2.45) is 0 Å². The lowest BCUT2D eigenvalue weighted by atomic mass is 9.86. The maximum absolute atomic E-state index is 13.2. The molecule has 1 unspecified atom stereocenters. The summed E-state index contributed by atoms with van der Waals surface area (Å²) in [5, 5.41) is 2.93. The Morgan fingerprint density at radius 3 is 2.88 bits per heavy atom. The minimum absolute atomic E-state index is 0.0520. The Kier molecular flexibility index (Phi) is 5.19. The summed E-state index contributed by atoms with van der Waals surface area (Å²) in [7, 11) is 0. The van der Waals surface area contributed by atoms with Crippen LogP contribution in [-0.4, -0.2) is 47.5 Å². The van der Waals surface area contributed by atoms with Gasteiger partial charge in [0.2, 0.25) is 0 Å². The first-order valence-corrected chi connectivity index (χ1v) is 8.76. The summed E-state index contributed by atoms with van der Waals surface area (Å²) in [6.45, 7) is 7.76. The predicted octanol–water partition coefficient (Wildman–Crippen LogP) is 3.15. The summed E-state index contributed by atoms with van der Waals surface area (Å²) in [5.41, 5.74) is 0.895. The summed E-state index contributed by atoms with van der Waals surface area (Å²) in [6, 6.07) is 6.31. The highest BCUT2D eigenvalue weighted by Crippen LogP contribution is 2.37. The summed E-state index contributed by atoms with van der Waals surface area (Å²) >= 11 is 0. The third kappa shape index (κ3) is 3.61. The molecule has 0 aromatic heterocycles. The van der Waals surface area contributed by atoms with E-state index in [0.717, 1.165) is 51.0 Å². The van der Waals surface area contributed by atoms with Crippen molar-refractivity contribution in [2.75, 3.05) is 26.2 Å². The Hall–Kier alpha value is -1.88. The Balaban J connectivity index is 1.60. The molecule has 130 valence electrons. The second-order valence-electron chi connectivity index (χ2n) is 6.88. The molecule has 1 spiro atoms. The molecule has 2 amide bonds. The number of urea groups is 1. The number of hydrogen-bond acceptors (Lipinski definition) is 2.